The number of ether oxygens (including phenoxy) is 1. The van der Waals surface area contributed by atoms with Crippen LogP contribution >= 0.6 is 11.3 Å². The number of rotatable bonds is 5. The molecule has 0 bridgehead atoms. The summed E-state index contributed by atoms with van der Waals surface area (Å²) in [5.41, 5.74) is 2.67. The third-order valence-corrected chi connectivity index (χ3v) is 5.11. The van der Waals surface area contributed by atoms with E-state index in [2.05, 4.69) is 29.0 Å². The number of morpholine rings is 1. The maximum Gasteiger partial charge on any atom is 0.257 e. The Balaban J connectivity index is 1.58. The molecule has 1 fully saturated rings. The summed E-state index contributed by atoms with van der Waals surface area (Å²) < 4.78 is 5.76. The molecule has 1 aliphatic heterocycles. The molecule has 1 aromatic heterocycles. The van der Waals surface area contributed by atoms with Gasteiger partial charge < -0.3 is 9.64 Å². The van der Waals surface area contributed by atoms with Crippen LogP contribution in [0.3, 0.4) is 0 Å². The zero-order chi connectivity index (χ0) is 18.7. The Kier molecular flexibility index (Phi) is 5.90. The summed E-state index contributed by atoms with van der Waals surface area (Å²) in [6.45, 7) is 6.78. The summed E-state index contributed by atoms with van der Waals surface area (Å²) in [6.07, 6.45) is 0.475. The van der Waals surface area contributed by atoms with Crippen LogP contribution in [0.2, 0.25) is 0 Å². The minimum absolute atomic E-state index is 0.134. The smallest absolute Gasteiger partial charge is 0.257 e. The van der Waals surface area contributed by atoms with Gasteiger partial charge in [0.05, 0.1) is 17.9 Å². The third-order valence-electron chi connectivity index (χ3n) is 4.30. The molecule has 1 N–H and O–H groups in total. The average Bonchev–Trinajstić information content (AvgIpc) is 3.00. The summed E-state index contributed by atoms with van der Waals surface area (Å²) in [4.78, 5) is 21.3. The lowest BCUT2D eigenvalue weighted by Crippen LogP contribution is -2.44. The van der Waals surface area contributed by atoms with E-state index in [0.717, 1.165) is 31.0 Å². The molecular formula is C19H26N4O2S. The van der Waals surface area contributed by atoms with Crippen LogP contribution in [0.5, 0.6) is 0 Å². The fraction of sp³-hybridized carbons (Fsp3) is 0.474. The van der Waals surface area contributed by atoms with Crippen LogP contribution in [0.15, 0.2) is 29.6 Å². The first kappa shape index (κ1) is 18.8. The lowest BCUT2D eigenvalue weighted by atomic mass is 10.2. The van der Waals surface area contributed by atoms with Gasteiger partial charge in [-0.15, -0.1) is 11.3 Å². The van der Waals surface area contributed by atoms with Crippen LogP contribution in [0, 0.1) is 0 Å². The SMILES string of the molecule is CC1CN(Cc2csc(NC(=O)c3ccc(N(C)C)cc3)n2)CC(C)O1. The molecule has 1 aliphatic rings. The number of thiazole rings is 1. The predicted octanol–water partition coefficient (Wildman–Crippen LogP) is 3.07. The van der Waals surface area contributed by atoms with Crippen molar-refractivity contribution < 1.29 is 9.53 Å². The van der Waals surface area contributed by atoms with E-state index in [1.807, 2.05) is 48.6 Å². The molecule has 7 heteroatoms. The lowest BCUT2D eigenvalue weighted by molar-refractivity contribution is -0.0707. The van der Waals surface area contributed by atoms with E-state index < -0.39 is 0 Å². The summed E-state index contributed by atoms with van der Waals surface area (Å²) in [5.74, 6) is -0.134. The molecule has 0 saturated carbocycles. The molecule has 6 nitrogen and oxygen atoms in total. The number of benzene rings is 1. The van der Waals surface area contributed by atoms with Crippen molar-refractivity contribution in [1.82, 2.24) is 9.88 Å². The Labute approximate surface area is 158 Å². The lowest BCUT2D eigenvalue weighted by Gasteiger charge is -2.34. The number of carbonyl (C=O) groups is 1. The van der Waals surface area contributed by atoms with E-state index in [-0.39, 0.29) is 18.1 Å². The van der Waals surface area contributed by atoms with Gasteiger partial charge in [-0.2, -0.15) is 0 Å². The largest absolute Gasteiger partial charge is 0.378 e. The highest BCUT2D eigenvalue weighted by molar-refractivity contribution is 7.13. The van der Waals surface area contributed by atoms with Gasteiger partial charge in [0, 0.05) is 50.4 Å². The number of amides is 1. The van der Waals surface area contributed by atoms with Crippen LogP contribution in [0.1, 0.15) is 29.9 Å². The molecule has 26 heavy (non-hydrogen) atoms. The minimum Gasteiger partial charge on any atom is -0.378 e. The van der Waals surface area contributed by atoms with Gasteiger partial charge in [-0.05, 0) is 38.1 Å². The molecular weight excluding hydrogens is 348 g/mol. The van der Waals surface area contributed by atoms with Crippen LogP contribution in [-0.4, -0.2) is 55.2 Å². The van der Waals surface area contributed by atoms with Gasteiger partial charge in [0.1, 0.15) is 0 Å². The number of nitrogens with one attached hydrogen (secondary N) is 1. The monoisotopic (exact) mass is 374 g/mol. The van der Waals surface area contributed by atoms with Crippen molar-refractivity contribution >= 4 is 28.1 Å². The van der Waals surface area contributed by atoms with E-state index in [9.17, 15) is 4.79 Å². The van der Waals surface area contributed by atoms with Crippen molar-refractivity contribution in [2.24, 2.45) is 0 Å². The number of carbonyl (C=O) groups excluding carboxylic acids is 1. The highest BCUT2D eigenvalue weighted by Crippen LogP contribution is 2.20. The maximum atomic E-state index is 12.4. The fourth-order valence-electron chi connectivity index (χ4n) is 3.16. The van der Waals surface area contributed by atoms with Gasteiger partial charge in [-0.25, -0.2) is 4.98 Å². The van der Waals surface area contributed by atoms with Gasteiger partial charge in [0.2, 0.25) is 0 Å². The second-order valence-electron chi connectivity index (χ2n) is 6.99. The number of nitrogens with zero attached hydrogens (tertiary/aromatic N) is 3. The normalized spacial score (nSPS) is 20.8. The van der Waals surface area contributed by atoms with Crippen molar-refractivity contribution in [3.05, 3.63) is 40.9 Å². The summed E-state index contributed by atoms with van der Waals surface area (Å²) >= 11 is 1.46. The fourth-order valence-corrected chi connectivity index (χ4v) is 3.86. The van der Waals surface area contributed by atoms with Crippen LogP contribution < -0.4 is 10.2 Å². The van der Waals surface area contributed by atoms with Crippen molar-refractivity contribution in [2.45, 2.75) is 32.6 Å². The van der Waals surface area contributed by atoms with Crippen LogP contribution in [-0.2, 0) is 11.3 Å². The van der Waals surface area contributed by atoms with E-state index in [0.29, 0.717) is 10.7 Å². The molecule has 2 atom stereocenters. The molecule has 1 saturated heterocycles. The predicted molar refractivity (Wildman–Crippen MR) is 106 cm³/mol. The first-order valence-corrected chi connectivity index (χ1v) is 9.69. The average molecular weight is 375 g/mol. The molecule has 0 aliphatic carbocycles. The zero-order valence-electron chi connectivity index (χ0n) is 15.7. The molecule has 1 aromatic carbocycles. The van der Waals surface area contributed by atoms with Gasteiger partial charge in [-0.3, -0.25) is 15.0 Å². The minimum atomic E-state index is -0.134. The van der Waals surface area contributed by atoms with Gasteiger partial charge in [0.25, 0.3) is 5.91 Å². The molecule has 0 spiro atoms. The van der Waals surface area contributed by atoms with Crippen molar-refractivity contribution in [2.75, 3.05) is 37.4 Å². The zero-order valence-corrected chi connectivity index (χ0v) is 16.5. The van der Waals surface area contributed by atoms with Crippen molar-refractivity contribution in [3.8, 4) is 0 Å². The van der Waals surface area contributed by atoms with Crippen molar-refractivity contribution in [1.29, 1.82) is 0 Å². The van der Waals surface area contributed by atoms with E-state index in [1.165, 1.54) is 11.3 Å². The summed E-state index contributed by atoms with van der Waals surface area (Å²) in [5, 5.41) is 5.54. The van der Waals surface area contributed by atoms with Crippen molar-refractivity contribution in [3.63, 3.8) is 0 Å². The van der Waals surface area contributed by atoms with E-state index >= 15 is 0 Å². The second-order valence-corrected chi connectivity index (χ2v) is 7.85. The standard InChI is InChI=1S/C19H26N4O2S/c1-13-9-23(10-14(2)25-13)11-16-12-26-19(20-16)21-18(24)15-5-7-17(8-6-15)22(3)4/h5-8,12-14H,9-11H2,1-4H3,(H,20,21,24). The molecule has 2 heterocycles. The quantitative estimate of drug-likeness (QED) is 0.872. The highest BCUT2D eigenvalue weighted by atomic mass is 32.1. The van der Waals surface area contributed by atoms with Gasteiger partial charge >= 0.3 is 0 Å². The maximum absolute atomic E-state index is 12.4. The number of anilines is 2. The van der Waals surface area contributed by atoms with E-state index in [4.69, 9.17) is 4.74 Å². The second kappa shape index (κ2) is 8.16. The Bertz CT molecular complexity index is 734. The van der Waals surface area contributed by atoms with Crippen LogP contribution in [0.4, 0.5) is 10.8 Å². The molecule has 2 aromatic rings. The number of aromatic nitrogens is 1. The molecule has 0 radical (unpaired) electrons. The number of hydrogen-bond acceptors (Lipinski definition) is 6. The first-order valence-electron chi connectivity index (χ1n) is 8.81. The van der Waals surface area contributed by atoms with E-state index in [1.54, 1.807) is 0 Å². The highest BCUT2D eigenvalue weighted by Gasteiger charge is 2.22. The Morgan fingerprint density at radius 1 is 1.27 bits per heavy atom. The summed E-state index contributed by atoms with van der Waals surface area (Å²) in [7, 11) is 3.95. The molecule has 140 valence electrons. The summed E-state index contributed by atoms with van der Waals surface area (Å²) in [6, 6.07) is 7.53. The third kappa shape index (κ3) is 4.81. The Morgan fingerprint density at radius 2 is 1.92 bits per heavy atom. The first-order chi connectivity index (χ1) is 12.4. The number of hydrogen-bond donors (Lipinski definition) is 1. The van der Waals surface area contributed by atoms with Gasteiger partial charge in [-0.1, -0.05) is 0 Å². The Morgan fingerprint density at radius 3 is 2.54 bits per heavy atom. The molecule has 1 amide bonds. The molecule has 3 rings (SSSR count). The van der Waals surface area contributed by atoms with Gasteiger partial charge in [0.15, 0.2) is 5.13 Å². The molecule has 2 unspecified atom stereocenters. The topological polar surface area (TPSA) is 57.7 Å². The van der Waals surface area contributed by atoms with Crippen LogP contribution in [0.25, 0.3) is 0 Å². The Hall–Kier alpha value is -1.96.